The first-order valence-electron chi connectivity index (χ1n) is 8.30. The summed E-state index contributed by atoms with van der Waals surface area (Å²) < 4.78 is 0. The van der Waals surface area contributed by atoms with E-state index in [9.17, 15) is 24.6 Å². The van der Waals surface area contributed by atoms with Crippen LogP contribution in [0, 0.1) is 5.41 Å². The molecule has 0 fully saturated rings. The van der Waals surface area contributed by atoms with Gasteiger partial charge in [-0.2, -0.15) is 0 Å². The van der Waals surface area contributed by atoms with E-state index in [1.165, 1.54) is 0 Å². The van der Waals surface area contributed by atoms with Crippen LogP contribution in [0.4, 0.5) is 0 Å². The number of carbonyl (C=O) groups excluding carboxylic acids is 2. The van der Waals surface area contributed by atoms with Crippen LogP contribution in [-0.2, 0) is 14.4 Å². The van der Waals surface area contributed by atoms with Crippen molar-refractivity contribution < 1.29 is 24.6 Å². The van der Waals surface area contributed by atoms with Gasteiger partial charge in [0.25, 0.3) is 0 Å². The molecule has 5 nitrogen and oxygen atoms in total. The second-order valence-corrected chi connectivity index (χ2v) is 6.36. The number of benzene rings is 1. The van der Waals surface area contributed by atoms with Crippen molar-refractivity contribution in [3.63, 3.8) is 0 Å². The summed E-state index contributed by atoms with van der Waals surface area (Å²) in [5, 5.41) is 19.9. The Morgan fingerprint density at radius 1 is 1.12 bits per heavy atom. The normalized spacial score (nSPS) is 15.3. The van der Waals surface area contributed by atoms with E-state index < -0.39 is 22.9 Å². The van der Waals surface area contributed by atoms with Gasteiger partial charge in [0, 0.05) is 5.92 Å². The zero-order valence-corrected chi connectivity index (χ0v) is 14.3. The molecule has 0 saturated heterocycles. The Morgan fingerprint density at radius 3 is 2.17 bits per heavy atom. The topological polar surface area (TPSA) is 91.7 Å². The van der Waals surface area contributed by atoms with Gasteiger partial charge in [0.05, 0.1) is 0 Å². The molecule has 0 saturated carbocycles. The van der Waals surface area contributed by atoms with Crippen LogP contribution in [0.25, 0.3) is 0 Å². The Morgan fingerprint density at radius 2 is 1.71 bits per heavy atom. The molecule has 0 heterocycles. The molecule has 1 aromatic carbocycles. The summed E-state index contributed by atoms with van der Waals surface area (Å²) in [4.78, 5) is 35.2. The highest BCUT2D eigenvalue weighted by Gasteiger charge is 2.57. The maximum atomic E-state index is 11.9. The van der Waals surface area contributed by atoms with Crippen LogP contribution in [-0.4, -0.2) is 34.4 Å². The predicted molar refractivity (Wildman–Crippen MR) is 90.8 cm³/mol. The van der Waals surface area contributed by atoms with Gasteiger partial charge >= 0.3 is 5.97 Å². The molecule has 24 heavy (non-hydrogen) atoms. The SMILES string of the molecule is CCCCCCC(c1ccccc1)C(C=O)(C=O)C(C)(O)C(=O)O. The smallest absolute Gasteiger partial charge is 0.336 e. The Bertz CT molecular complexity index is 542. The van der Waals surface area contributed by atoms with Crippen molar-refractivity contribution in [2.75, 3.05) is 0 Å². The van der Waals surface area contributed by atoms with Gasteiger partial charge < -0.3 is 19.8 Å². The highest BCUT2D eigenvalue weighted by Crippen LogP contribution is 2.44. The second kappa shape index (κ2) is 8.73. The molecule has 0 aliphatic carbocycles. The monoisotopic (exact) mass is 334 g/mol. The number of unbranched alkanes of at least 4 members (excludes halogenated alkanes) is 3. The molecular weight excluding hydrogens is 308 g/mol. The van der Waals surface area contributed by atoms with Crippen LogP contribution < -0.4 is 0 Å². The Kier molecular flexibility index (Phi) is 7.29. The second-order valence-electron chi connectivity index (χ2n) is 6.36. The fourth-order valence-electron chi connectivity index (χ4n) is 3.09. The molecule has 0 bridgehead atoms. The van der Waals surface area contributed by atoms with Crippen molar-refractivity contribution in [2.24, 2.45) is 5.41 Å². The molecule has 2 N–H and O–H groups in total. The summed E-state index contributed by atoms with van der Waals surface area (Å²) in [6.07, 6.45) is 4.76. The summed E-state index contributed by atoms with van der Waals surface area (Å²) in [5.41, 5.74) is -3.84. The van der Waals surface area contributed by atoms with E-state index >= 15 is 0 Å². The van der Waals surface area contributed by atoms with Crippen molar-refractivity contribution in [3.05, 3.63) is 35.9 Å². The first-order valence-corrected chi connectivity index (χ1v) is 8.30. The quantitative estimate of drug-likeness (QED) is 0.369. The third-order valence-electron chi connectivity index (χ3n) is 4.77. The molecule has 0 aliphatic rings. The van der Waals surface area contributed by atoms with Crippen LogP contribution >= 0.6 is 0 Å². The zero-order chi connectivity index (χ0) is 18.2. The number of aliphatic carboxylic acids is 1. The number of carbonyl (C=O) groups is 3. The van der Waals surface area contributed by atoms with Crippen molar-refractivity contribution in [2.45, 2.75) is 57.5 Å². The summed E-state index contributed by atoms with van der Waals surface area (Å²) in [6, 6.07) is 8.85. The maximum Gasteiger partial charge on any atom is 0.336 e. The van der Waals surface area contributed by atoms with Gasteiger partial charge in [0.15, 0.2) is 5.60 Å². The lowest BCUT2D eigenvalue weighted by molar-refractivity contribution is -0.177. The molecule has 132 valence electrons. The van der Waals surface area contributed by atoms with Gasteiger partial charge in [-0.05, 0) is 18.9 Å². The molecular formula is C19H26O5. The summed E-state index contributed by atoms with van der Waals surface area (Å²) >= 11 is 0. The number of carboxylic acid groups (broad SMARTS) is 1. The number of carboxylic acids is 1. The third kappa shape index (κ3) is 3.90. The fourth-order valence-corrected chi connectivity index (χ4v) is 3.09. The number of aliphatic hydroxyl groups is 1. The van der Waals surface area contributed by atoms with Gasteiger partial charge in [-0.15, -0.1) is 0 Å². The average molecular weight is 334 g/mol. The molecule has 1 rings (SSSR count). The third-order valence-corrected chi connectivity index (χ3v) is 4.77. The lowest BCUT2D eigenvalue weighted by Crippen LogP contribution is -2.57. The van der Waals surface area contributed by atoms with E-state index in [-0.39, 0.29) is 0 Å². The van der Waals surface area contributed by atoms with Crippen LogP contribution in [0.1, 0.15) is 57.4 Å². The van der Waals surface area contributed by atoms with Gasteiger partial charge in [-0.1, -0.05) is 62.9 Å². The Balaban J connectivity index is 3.33. The van der Waals surface area contributed by atoms with Crippen LogP contribution in [0.5, 0.6) is 0 Å². The summed E-state index contributed by atoms with van der Waals surface area (Å²) in [5.74, 6) is -2.28. The van der Waals surface area contributed by atoms with Crippen molar-refractivity contribution >= 4 is 18.5 Å². The van der Waals surface area contributed by atoms with Crippen LogP contribution in [0.2, 0.25) is 0 Å². The molecule has 0 aromatic heterocycles. The predicted octanol–water partition coefficient (Wildman–Crippen LogP) is 2.96. The Hall–Kier alpha value is -2.01. The van der Waals surface area contributed by atoms with Crippen molar-refractivity contribution in [1.29, 1.82) is 0 Å². The van der Waals surface area contributed by atoms with Crippen LogP contribution in [0.15, 0.2) is 30.3 Å². The van der Waals surface area contributed by atoms with E-state index in [4.69, 9.17) is 0 Å². The zero-order valence-electron chi connectivity index (χ0n) is 14.3. The number of hydrogen-bond acceptors (Lipinski definition) is 4. The average Bonchev–Trinajstić information content (AvgIpc) is 2.58. The number of rotatable bonds is 11. The molecule has 2 unspecified atom stereocenters. The van der Waals surface area contributed by atoms with Gasteiger partial charge in [0.1, 0.15) is 18.0 Å². The van der Waals surface area contributed by atoms with E-state index in [0.717, 1.165) is 32.6 Å². The van der Waals surface area contributed by atoms with E-state index in [2.05, 4.69) is 6.92 Å². The minimum Gasteiger partial charge on any atom is -0.479 e. The highest BCUT2D eigenvalue weighted by molar-refractivity contribution is 5.96. The lowest BCUT2D eigenvalue weighted by atomic mass is 9.62. The van der Waals surface area contributed by atoms with Crippen LogP contribution in [0.3, 0.4) is 0 Å². The molecule has 5 heteroatoms. The minimum atomic E-state index is -2.48. The van der Waals surface area contributed by atoms with Crippen molar-refractivity contribution in [1.82, 2.24) is 0 Å². The molecule has 0 aliphatic heterocycles. The standard InChI is InChI=1S/C19H26O5/c1-3-4-5-9-12-16(15-10-7-6-8-11-15)19(13-20,14-21)18(2,24)17(22)23/h6-8,10-11,13-14,16,24H,3-5,9,12H2,1-2H3,(H,22,23). The van der Waals surface area contributed by atoms with E-state index in [1.54, 1.807) is 30.3 Å². The molecule has 1 aromatic rings. The van der Waals surface area contributed by atoms with E-state index in [0.29, 0.717) is 24.6 Å². The maximum absolute atomic E-state index is 11.9. The first kappa shape index (κ1) is 20.0. The van der Waals surface area contributed by atoms with E-state index in [1.807, 2.05) is 0 Å². The van der Waals surface area contributed by atoms with Crippen molar-refractivity contribution in [3.8, 4) is 0 Å². The molecule has 0 amide bonds. The minimum absolute atomic E-state index is 0.297. The summed E-state index contributed by atoms with van der Waals surface area (Å²) in [7, 11) is 0. The first-order chi connectivity index (χ1) is 11.4. The summed E-state index contributed by atoms with van der Waals surface area (Å²) in [6.45, 7) is 3.09. The highest BCUT2D eigenvalue weighted by atomic mass is 16.4. The molecule has 0 radical (unpaired) electrons. The lowest BCUT2D eigenvalue weighted by Gasteiger charge is -2.40. The van der Waals surface area contributed by atoms with Gasteiger partial charge in [0.2, 0.25) is 0 Å². The number of hydrogen-bond donors (Lipinski definition) is 2. The fraction of sp³-hybridized carbons (Fsp3) is 0.526. The molecule has 2 atom stereocenters. The number of aldehydes is 2. The largest absolute Gasteiger partial charge is 0.479 e. The van der Waals surface area contributed by atoms with Gasteiger partial charge in [-0.25, -0.2) is 4.79 Å². The molecule has 0 spiro atoms. The van der Waals surface area contributed by atoms with Gasteiger partial charge in [-0.3, -0.25) is 0 Å². The Labute approximate surface area is 142 Å².